The van der Waals surface area contributed by atoms with Gasteiger partial charge in [-0.15, -0.1) is 10.2 Å². The molecule has 21 heavy (non-hydrogen) atoms. The summed E-state index contributed by atoms with van der Waals surface area (Å²) < 4.78 is 23.1. The second-order valence-electron chi connectivity index (χ2n) is 4.05. The van der Waals surface area contributed by atoms with Gasteiger partial charge in [0, 0.05) is 6.07 Å². The third-order valence-corrected chi connectivity index (χ3v) is 2.69. The molecule has 0 bridgehead atoms. The van der Waals surface area contributed by atoms with Crippen LogP contribution in [0, 0.1) is 5.82 Å². The summed E-state index contributed by atoms with van der Waals surface area (Å²) in [6.07, 6.45) is 0. The quantitative estimate of drug-likeness (QED) is 0.788. The van der Waals surface area contributed by atoms with E-state index >= 15 is 0 Å². The summed E-state index contributed by atoms with van der Waals surface area (Å²) in [4.78, 5) is 4.06. The van der Waals surface area contributed by atoms with Crippen molar-refractivity contribution in [3.63, 3.8) is 0 Å². The van der Waals surface area contributed by atoms with Crippen molar-refractivity contribution < 1.29 is 18.8 Å². The van der Waals surface area contributed by atoms with Crippen molar-refractivity contribution in [2.75, 3.05) is 7.11 Å². The zero-order valence-electron chi connectivity index (χ0n) is 10.8. The minimum Gasteiger partial charge on any atom is -0.507 e. The van der Waals surface area contributed by atoms with Crippen molar-refractivity contribution in [1.29, 1.82) is 0 Å². The van der Waals surface area contributed by atoms with Crippen molar-refractivity contribution in [2.45, 2.75) is 0 Å². The highest BCUT2D eigenvalue weighted by Gasteiger charge is 2.16. The SMILES string of the molecule is COc1ccc(-c2noc(-c3cc(F)ccc3O)n2)nn1. The predicted molar refractivity (Wildman–Crippen MR) is 68.9 cm³/mol. The van der Waals surface area contributed by atoms with Crippen LogP contribution < -0.4 is 4.74 Å². The summed E-state index contributed by atoms with van der Waals surface area (Å²) in [5.74, 6) is -0.173. The van der Waals surface area contributed by atoms with E-state index in [4.69, 9.17) is 9.26 Å². The highest BCUT2D eigenvalue weighted by Crippen LogP contribution is 2.29. The summed E-state index contributed by atoms with van der Waals surface area (Å²) in [5, 5.41) is 21.1. The summed E-state index contributed by atoms with van der Waals surface area (Å²) in [5.41, 5.74) is 0.469. The first kappa shape index (κ1) is 13.0. The fraction of sp³-hybridized carbons (Fsp3) is 0.0769. The Hall–Kier alpha value is -3.03. The van der Waals surface area contributed by atoms with Gasteiger partial charge in [0.1, 0.15) is 17.3 Å². The number of nitrogens with zero attached hydrogens (tertiary/aromatic N) is 4. The number of phenolic OH excluding ortho intramolecular Hbond substituents is 1. The fourth-order valence-electron chi connectivity index (χ4n) is 1.66. The third kappa shape index (κ3) is 2.50. The van der Waals surface area contributed by atoms with Gasteiger partial charge in [0.2, 0.25) is 11.7 Å². The van der Waals surface area contributed by atoms with Gasteiger partial charge in [0.15, 0.2) is 0 Å². The van der Waals surface area contributed by atoms with Gasteiger partial charge >= 0.3 is 0 Å². The summed E-state index contributed by atoms with van der Waals surface area (Å²) in [6, 6.07) is 6.64. The average molecular weight is 288 g/mol. The molecule has 0 fully saturated rings. The largest absolute Gasteiger partial charge is 0.507 e. The molecule has 0 atom stereocenters. The molecular formula is C13H9FN4O3. The minimum atomic E-state index is -0.521. The van der Waals surface area contributed by atoms with Gasteiger partial charge in [-0.2, -0.15) is 4.98 Å². The molecule has 2 aromatic heterocycles. The Morgan fingerprint density at radius 1 is 1.19 bits per heavy atom. The monoisotopic (exact) mass is 288 g/mol. The Bertz CT molecular complexity index is 773. The molecule has 1 aromatic carbocycles. The molecule has 0 unspecified atom stereocenters. The lowest BCUT2D eigenvalue weighted by molar-refractivity contribution is 0.392. The number of hydrogen-bond acceptors (Lipinski definition) is 7. The molecule has 0 aliphatic carbocycles. The zero-order valence-corrected chi connectivity index (χ0v) is 10.8. The highest BCUT2D eigenvalue weighted by molar-refractivity contribution is 5.63. The van der Waals surface area contributed by atoms with Crippen LogP contribution in [-0.2, 0) is 0 Å². The number of phenols is 1. The maximum atomic E-state index is 13.2. The molecule has 2 heterocycles. The van der Waals surface area contributed by atoms with E-state index in [-0.39, 0.29) is 23.0 Å². The van der Waals surface area contributed by atoms with Crippen molar-refractivity contribution >= 4 is 0 Å². The first-order chi connectivity index (χ1) is 10.2. The Morgan fingerprint density at radius 3 is 2.76 bits per heavy atom. The summed E-state index contributed by atoms with van der Waals surface area (Å²) >= 11 is 0. The molecule has 0 saturated heterocycles. The average Bonchev–Trinajstić information content (AvgIpc) is 2.99. The Balaban J connectivity index is 1.97. The molecule has 0 radical (unpaired) electrons. The molecular weight excluding hydrogens is 279 g/mol. The summed E-state index contributed by atoms with van der Waals surface area (Å²) in [7, 11) is 1.48. The number of methoxy groups -OCH3 is 1. The maximum absolute atomic E-state index is 13.2. The number of ether oxygens (including phenoxy) is 1. The van der Waals surface area contributed by atoms with E-state index < -0.39 is 5.82 Å². The van der Waals surface area contributed by atoms with Gasteiger partial charge in [-0.1, -0.05) is 5.16 Å². The number of halogens is 1. The van der Waals surface area contributed by atoms with Crippen molar-refractivity contribution in [2.24, 2.45) is 0 Å². The fourth-order valence-corrected chi connectivity index (χ4v) is 1.66. The van der Waals surface area contributed by atoms with Crippen LogP contribution in [0.3, 0.4) is 0 Å². The first-order valence-electron chi connectivity index (χ1n) is 5.88. The maximum Gasteiger partial charge on any atom is 0.262 e. The molecule has 0 spiro atoms. The first-order valence-corrected chi connectivity index (χ1v) is 5.88. The van der Waals surface area contributed by atoms with Crippen molar-refractivity contribution in [3.05, 3.63) is 36.1 Å². The molecule has 0 amide bonds. The molecule has 1 N–H and O–H groups in total. The Kier molecular flexibility index (Phi) is 3.19. The standard InChI is InChI=1S/C13H9FN4O3/c1-20-11-5-3-9(16-17-11)12-15-13(21-18-12)8-6-7(14)2-4-10(8)19/h2-6,19H,1H3. The van der Waals surface area contributed by atoms with Gasteiger partial charge < -0.3 is 14.4 Å². The Morgan fingerprint density at radius 2 is 2.05 bits per heavy atom. The van der Waals surface area contributed by atoms with Crippen LogP contribution in [-0.4, -0.2) is 32.6 Å². The summed E-state index contributed by atoms with van der Waals surface area (Å²) in [6.45, 7) is 0. The molecule has 8 heteroatoms. The van der Waals surface area contributed by atoms with E-state index in [1.807, 2.05) is 0 Å². The number of rotatable bonds is 3. The van der Waals surface area contributed by atoms with Gasteiger partial charge in [0.05, 0.1) is 12.7 Å². The molecule has 3 rings (SSSR count). The lowest BCUT2D eigenvalue weighted by Gasteiger charge is -1.98. The van der Waals surface area contributed by atoms with E-state index in [1.165, 1.54) is 13.2 Å². The van der Waals surface area contributed by atoms with Crippen LogP contribution in [0.2, 0.25) is 0 Å². The number of aromatic hydroxyl groups is 1. The Labute approximate surface area is 118 Å². The van der Waals surface area contributed by atoms with E-state index in [9.17, 15) is 9.50 Å². The lowest BCUT2D eigenvalue weighted by Crippen LogP contribution is -1.93. The molecule has 0 aliphatic heterocycles. The minimum absolute atomic E-state index is 0.0142. The van der Waals surface area contributed by atoms with Gasteiger partial charge in [0.25, 0.3) is 5.89 Å². The van der Waals surface area contributed by atoms with Crippen molar-refractivity contribution in [3.8, 4) is 34.6 Å². The topological polar surface area (TPSA) is 94.2 Å². The van der Waals surface area contributed by atoms with E-state index in [0.717, 1.165) is 12.1 Å². The number of benzene rings is 1. The zero-order chi connectivity index (χ0) is 14.8. The normalized spacial score (nSPS) is 10.6. The number of aromatic nitrogens is 4. The third-order valence-electron chi connectivity index (χ3n) is 2.69. The lowest BCUT2D eigenvalue weighted by atomic mass is 10.2. The molecule has 0 aliphatic rings. The van der Waals surface area contributed by atoms with Gasteiger partial charge in [-0.3, -0.25) is 0 Å². The van der Waals surface area contributed by atoms with Crippen LogP contribution >= 0.6 is 0 Å². The van der Waals surface area contributed by atoms with Crippen LogP contribution in [0.4, 0.5) is 4.39 Å². The van der Waals surface area contributed by atoms with E-state index in [0.29, 0.717) is 11.6 Å². The van der Waals surface area contributed by atoms with Crippen molar-refractivity contribution in [1.82, 2.24) is 20.3 Å². The van der Waals surface area contributed by atoms with Gasteiger partial charge in [-0.05, 0) is 24.3 Å². The van der Waals surface area contributed by atoms with Crippen LogP contribution in [0.25, 0.3) is 23.0 Å². The highest BCUT2D eigenvalue weighted by atomic mass is 19.1. The van der Waals surface area contributed by atoms with E-state index in [2.05, 4.69) is 20.3 Å². The second kappa shape index (κ2) is 5.16. The van der Waals surface area contributed by atoms with Crippen LogP contribution in [0.1, 0.15) is 0 Å². The second-order valence-corrected chi connectivity index (χ2v) is 4.05. The smallest absolute Gasteiger partial charge is 0.262 e. The van der Waals surface area contributed by atoms with Crippen LogP contribution in [0.5, 0.6) is 11.6 Å². The molecule has 7 nitrogen and oxygen atoms in total. The number of hydrogen-bond donors (Lipinski definition) is 1. The van der Waals surface area contributed by atoms with Crippen LogP contribution in [0.15, 0.2) is 34.9 Å². The molecule has 106 valence electrons. The molecule has 0 saturated carbocycles. The van der Waals surface area contributed by atoms with Gasteiger partial charge in [-0.25, -0.2) is 4.39 Å². The van der Waals surface area contributed by atoms with E-state index in [1.54, 1.807) is 12.1 Å². The predicted octanol–water partition coefficient (Wildman–Crippen LogP) is 2.05. The molecule has 3 aromatic rings.